The van der Waals surface area contributed by atoms with Gasteiger partial charge in [0.25, 0.3) is 0 Å². The van der Waals surface area contributed by atoms with E-state index in [0.717, 1.165) is 39.3 Å². The zero-order valence-electron chi connectivity index (χ0n) is 22.5. The Kier molecular flexibility index (Phi) is 4.86. The molecule has 6 nitrogen and oxygen atoms in total. The van der Waals surface area contributed by atoms with Gasteiger partial charge in [-0.1, -0.05) is 97.1 Å². The zero-order chi connectivity index (χ0) is 27.6. The van der Waals surface area contributed by atoms with Gasteiger partial charge in [0.05, 0.1) is 22.1 Å². The third-order valence-corrected chi connectivity index (χ3v) is 8.23. The first kappa shape index (κ1) is 23.0. The van der Waals surface area contributed by atoms with Gasteiger partial charge in [-0.2, -0.15) is 0 Å². The lowest BCUT2D eigenvalue weighted by atomic mass is 10.1. The third kappa shape index (κ3) is 3.23. The fourth-order valence-electron chi connectivity index (χ4n) is 6.47. The van der Waals surface area contributed by atoms with Crippen LogP contribution in [0.25, 0.3) is 60.8 Å². The Morgan fingerprint density at radius 3 is 1.86 bits per heavy atom. The molecular weight excluding hydrogens is 516 g/mol. The largest absolute Gasteiger partial charge is 0.342 e. The van der Waals surface area contributed by atoms with E-state index in [1.165, 1.54) is 27.1 Å². The second kappa shape index (κ2) is 8.88. The van der Waals surface area contributed by atoms with Crippen LogP contribution in [0.5, 0.6) is 0 Å². The van der Waals surface area contributed by atoms with Crippen LogP contribution in [-0.4, -0.2) is 33.6 Å². The minimum absolute atomic E-state index is 0.368. The van der Waals surface area contributed by atoms with Crippen molar-refractivity contribution in [3.63, 3.8) is 0 Å². The Labute approximate surface area is 241 Å². The molecule has 0 amide bonds. The van der Waals surface area contributed by atoms with Crippen molar-refractivity contribution >= 4 is 73.4 Å². The van der Waals surface area contributed by atoms with Crippen molar-refractivity contribution in [2.45, 2.75) is 6.17 Å². The van der Waals surface area contributed by atoms with Gasteiger partial charge in [-0.15, -0.1) is 0 Å². The van der Waals surface area contributed by atoms with Gasteiger partial charge in [0.1, 0.15) is 11.5 Å². The molecule has 1 atom stereocenters. The van der Waals surface area contributed by atoms with Crippen molar-refractivity contribution in [1.82, 2.24) is 14.5 Å². The standard InChI is InChI=1S/C36H24N6/c1-3-11-23(12-4-1)31-36(40-35-34(39-31)37-21-22-38-35)42-30-18-10-8-16-26(30)28-20-19-27-25-15-7-9-17-29(25)41(32(27)33(28)42)24-13-5-2-6-14-24/h1-22,35,40H. The number of rotatable bonds is 3. The van der Waals surface area contributed by atoms with Crippen molar-refractivity contribution < 1.29 is 0 Å². The zero-order valence-corrected chi connectivity index (χ0v) is 22.5. The van der Waals surface area contributed by atoms with Gasteiger partial charge in [-0.05, 0) is 24.3 Å². The smallest absolute Gasteiger partial charge is 0.180 e. The summed E-state index contributed by atoms with van der Waals surface area (Å²) in [7, 11) is 0. The van der Waals surface area contributed by atoms with Crippen molar-refractivity contribution in [1.29, 1.82) is 0 Å². The SMILES string of the molecule is C1=NC2=NC(c3ccccc3)=C(n3c4ccccc4c4ccc5c6ccccc6n(-c6ccccc6)c5c43)NC2N=C1. The molecule has 1 unspecified atom stereocenters. The maximum atomic E-state index is 5.12. The fraction of sp³-hybridized carbons (Fsp3) is 0.0278. The van der Waals surface area contributed by atoms with Gasteiger partial charge in [0.15, 0.2) is 12.0 Å². The molecule has 0 aliphatic carbocycles. The van der Waals surface area contributed by atoms with Gasteiger partial charge in [0, 0.05) is 45.2 Å². The van der Waals surface area contributed by atoms with Crippen LogP contribution in [0, 0.1) is 0 Å². The summed E-state index contributed by atoms with van der Waals surface area (Å²) in [5.41, 5.74) is 7.50. The molecule has 0 bridgehead atoms. The van der Waals surface area contributed by atoms with E-state index < -0.39 is 0 Å². The summed E-state index contributed by atoms with van der Waals surface area (Å²) < 4.78 is 4.74. The maximum Gasteiger partial charge on any atom is 0.180 e. The molecular formula is C36H24N6. The highest BCUT2D eigenvalue weighted by Crippen LogP contribution is 2.42. The normalized spacial score (nSPS) is 16.4. The molecule has 2 aliphatic heterocycles. The van der Waals surface area contributed by atoms with E-state index in [1.807, 2.05) is 18.2 Å². The fourth-order valence-corrected chi connectivity index (χ4v) is 6.47. The molecule has 0 saturated heterocycles. The molecule has 1 N–H and O–H groups in total. The summed E-state index contributed by atoms with van der Waals surface area (Å²) in [6.45, 7) is 0. The second-order valence-corrected chi connectivity index (χ2v) is 10.6. The average Bonchev–Trinajstić information content (AvgIpc) is 3.58. The predicted molar refractivity (Wildman–Crippen MR) is 175 cm³/mol. The number of aromatic nitrogens is 2. The number of para-hydroxylation sites is 3. The van der Waals surface area contributed by atoms with Gasteiger partial charge in [-0.3, -0.25) is 9.56 Å². The molecule has 0 spiro atoms. The molecule has 198 valence electrons. The summed E-state index contributed by atoms with van der Waals surface area (Å²) in [6, 6.07) is 42.7. The van der Waals surface area contributed by atoms with E-state index in [4.69, 9.17) is 9.98 Å². The maximum absolute atomic E-state index is 5.12. The van der Waals surface area contributed by atoms with Gasteiger partial charge in [-0.25, -0.2) is 9.98 Å². The van der Waals surface area contributed by atoms with Crippen molar-refractivity contribution in [2.24, 2.45) is 15.0 Å². The van der Waals surface area contributed by atoms with Crippen LogP contribution in [0.4, 0.5) is 0 Å². The first-order chi connectivity index (χ1) is 20.9. The Morgan fingerprint density at radius 1 is 0.548 bits per heavy atom. The number of nitrogens with one attached hydrogen (secondary N) is 1. The number of benzene rings is 5. The first-order valence-corrected chi connectivity index (χ1v) is 14.1. The molecule has 9 rings (SSSR count). The van der Waals surface area contributed by atoms with Crippen LogP contribution < -0.4 is 5.32 Å². The summed E-state index contributed by atoms with van der Waals surface area (Å²) >= 11 is 0. The molecule has 4 heterocycles. The lowest BCUT2D eigenvalue weighted by Gasteiger charge is -2.27. The average molecular weight is 541 g/mol. The number of nitrogens with zero attached hydrogens (tertiary/aromatic N) is 5. The number of hydrogen-bond acceptors (Lipinski definition) is 4. The monoisotopic (exact) mass is 540 g/mol. The number of aliphatic imine (C=N–C) groups is 3. The molecule has 0 radical (unpaired) electrons. The predicted octanol–water partition coefficient (Wildman–Crippen LogP) is 7.66. The molecule has 5 aromatic carbocycles. The summed E-state index contributed by atoms with van der Waals surface area (Å²) in [5.74, 6) is 1.54. The van der Waals surface area contributed by atoms with Crippen LogP contribution in [0.1, 0.15) is 5.56 Å². The van der Waals surface area contributed by atoms with Gasteiger partial charge < -0.3 is 9.88 Å². The number of fused-ring (bicyclic) bond motifs is 8. The lowest BCUT2D eigenvalue weighted by molar-refractivity contribution is 0.749. The highest BCUT2D eigenvalue weighted by molar-refractivity contribution is 6.26. The van der Waals surface area contributed by atoms with E-state index in [2.05, 4.69) is 123 Å². The number of hydrogen-bond donors (Lipinski definition) is 1. The molecule has 42 heavy (non-hydrogen) atoms. The van der Waals surface area contributed by atoms with E-state index in [-0.39, 0.29) is 6.17 Å². The Balaban J connectivity index is 1.51. The highest BCUT2D eigenvalue weighted by atomic mass is 15.3. The Hall–Kier alpha value is -5.75. The third-order valence-electron chi connectivity index (χ3n) is 8.23. The quantitative estimate of drug-likeness (QED) is 0.246. The van der Waals surface area contributed by atoms with Crippen molar-refractivity contribution in [3.8, 4) is 5.69 Å². The van der Waals surface area contributed by atoms with Crippen LogP contribution in [-0.2, 0) is 0 Å². The van der Waals surface area contributed by atoms with Gasteiger partial charge in [0.2, 0.25) is 0 Å². The Morgan fingerprint density at radius 2 is 1.14 bits per heavy atom. The van der Waals surface area contributed by atoms with Crippen molar-refractivity contribution in [3.05, 3.63) is 127 Å². The molecule has 2 aliphatic rings. The van der Waals surface area contributed by atoms with Crippen LogP contribution in [0.3, 0.4) is 0 Å². The first-order valence-electron chi connectivity index (χ1n) is 14.1. The molecule has 2 aromatic heterocycles. The summed E-state index contributed by atoms with van der Waals surface area (Å²) in [4.78, 5) is 14.4. The van der Waals surface area contributed by atoms with Crippen molar-refractivity contribution in [2.75, 3.05) is 0 Å². The van der Waals surface area contributed by atoms with E-state index in [9.17, 15) is 0 Å². The number of amidine groups is 1. The van der Waals surface area contributed by atoms with Crippen LogP contribution >= 0.6 is 0 Å². The highest BCUT2D eigenvalue weighted by Gasteiger charge is 2.29. The van der Waals surface area contributed by atoms with E-state index in [0.29, 0.717) is 5.84 Å². The van der Waals surface area contributed by atoms with E-state index in [1.54, 1.807) is 12.4 Å². The topological polar surface area (TPSA) is 59.0 Å². The molecule has 0 fully saturated rings. The minimum Gasteiger partial charge on any atom is -0.342 e. The molecule has 6 heteroatoms. The molecule has 0 saturated carbocycles. The van der Waals surface area contributed by atoms with E-state index >= 15 is 0 Å². The van der Waals surface area contributed by atoms with Crippen LogP contribution in [0.15, 0.2) is 136 Å². The minimum atomic E-state index is -0.368. The summed E-state index contributed by atoms with van der Waals surface area (Å²) in [5, 5.41) is 8.52. The Bertz CT molecular complexity index is 2320. The molecule has 7 aromatic rings. The second-order valence-electron chi connectivity index (χ2n) is 10.6. The van der Waals surface area contributed by atoms with Gasteiger partial charge >= 0.3 is 0 Å². The summed E-state index contributed by atoms with van der Waals surface area (Å²) in [6.07, 6.45) is 3.07. The van der Waals surface area contributed by atoms with Crippen LogP contribution in [0.2, 0.25) is 0 Å². The lowest BCUT2D eigenvalue weighted by Crippen LogP contribution is -2.39.